The molecule has 0 saturated heterocycles. The number of rotatable bonds is 3. The molecule has 1 fully saturated rings. The number of benzene rings is 1. The molecule has 1 heterocycles. The summed E-state index contributed by atoms with van der Waals surface area (Å²) in [7, 11) is -3.07. The van der Waals surface area contributed by atoms with Gasteiger partial charge in [0.2, 0.25) is 0 Å². The zero-order valence-corrected chi connectivity index (χ0v) is 13.3. The lowest BCUT2D eigenvalue weighted by Crippen LogP contribution is -2.35. The summed E-state index contributed by atoms with van der Waals surface area (Å²) in [6, 6.07) is 8.19. The van der Waals surface area contributed by atoms with Gasteiger partial charge in [-0.15, -0.1) is 0 Å². The van der Waals surface area contributed by atoms with Crippen molar-refractivity contribution in [2.45, 2.75) is 47.9 Å². The van der Waals surface area contributed by atoms with Crippen molar-refractivity contribution >= 4 is 21.6 Å². The van der Waals surface area contributed by atoms with Crippen LogP contribution in [0.2, 0.25) is 0 Å². The van der Waals surface area contributed by atoms with Crippen LogP contribution in [0.3, 0.4) is 0 Å². The van der Waals surface area contributed by atoms with Crippen molar-refractivity contribution in [2.24, 2.45) is 0 Å². The lowest BCUT2D eigenvalue weighted by molar-refractivity contribution is 0.419. The summed E-state index contributed by atoms with van der Waals surface area (Å²) in [6.07, 6.45) is 6.55. The molecule has 20 heavy (non-hydrogen) atoms. The summed E-state index contributed by atoms with van der Waals surface area (Å²) in [6.45, 7) is 0. The highest BCUT2D eigenvalue weighted by Crippen LogP contribution is 2.35. The van der Waals surface area contributed by atoms with Gasteiger partial charge in [0, 0.05) is 17.3 Å². The van der Waals surface area contributed by atoms with Gasteiger partial charge >= 0.3 is 0 Å². The van der Waals surface area contributed by atoms with Crippen LogP contribution < -0.4 is 5.32 Å². The molecule has 0 aromatic heterocycles. The van der Waals surface area contributed by atoms with Crippen molar-refractivity contribution in [3.63, 3.8) is 0 Å². The van der Waals surface area contributed by atoms with Crippen molar-refractivity contribution in [1.82, 2.24) is 5.32 Å². The van der Waals surface area contributed by atoms with Crippen molar-refractivity contribution in [3.8, 4) is 0 Å². The molecule has 1 aliphatic carbocycles. The van der Waals surface area contributed by atoms with E-state index in [-0.39, 0.29) is 11.8 Å². The molecule has 0 spiro atoms. The van der Waals surface area contributed by atoms with E-state index in [1.165, 1.54) is 19.3 Å². The fourth-order valence-corrected chi connectivity index (χ4v) is 5.77. The Morgan fingerprint density at radius 2 is 2.00 bits per heavy atom. The quantitative estimate of drug-likeness (QED) is 0.932. The van der Waals surface area contributed by atoms with Gasteiger partial charge in [0.05, 0.1) is 10.6 Å². The lowest BCUT2D eigenvalue weighted by Gasteiger charge is -2.29. The van der Waals surface area contributed by atoms with Crippen LogP contribution in [0.4, 0.5) is 0 Å². The molecule has 1 saturated carbocycles. The van der Waals surface area contributed by atoms with Crippen LogP contribution in [0, 0.1) is 0 Å². The first-order valence-corrected chi connectivity index (χ1v) is 10.1. The third kappa shape index (κ3) is 2.76. The summed E-state index contributed by atoms with van der Waals surface area (Å²) in [5, 5.41) is 4.46. The van der Waals surface area contributed by atoms with Crippen LogP contribution >= 0.6 is 11.8 Å². The van der Waals surface area contributed by atoms with E-state index in [1.54, 1.807) is 6.07 Å². The highest BCUT2D eigenvalue weighted by molar-refractivity contribution is 7.99. The summed E-state index contributed by atoms with van der Waals surface area (Å²) >= 11 is 1.95. The standard InChI is InChI=1S/C15H21NO2S2/c1-19-12-7-6-11(10-12)16-14-8-9-20(17,18)15-5-3-2-4-13(14)15/h2-5,11-12,14,16H,6-10H2,1H3. The van der Waals surface area contributed by atoms with E-state index >= 15 is 0 Å². The van der Waals surface area contributed by atoms with Gasteiger partial charge in [-0.1, -0.05) is 18.2 Å². The Balaban J connectivity index is 1.79. The Kier molecular flexibility index (Phi) is 4.11. The Morgan fingerprint density at radius 3 is 2.75 bits per heavy atom. The molecule has 3 rings (SSSR count). The first-order chi connectivity index (χ1) is 9.60. The SMILES string of the molecule is CSC1CCC(NC2CCS(=O)(=O)c3ccccc32)C1. The lowest BCUT2D eigenvalue weighted by atomic mass is 10.0. The number of nitrogens with one attached hydrogen (secondary N) is 1. The van der Waals surface area contributed by atoms with E-state index in [9.17, 15) is 8.42 Å². The molecule has 3 nitrogen and oxygen atoms in total. The minimum absolute atomic E-state index is 0.195. The van der Waals surface area contributed by atoms with Gasteiger partial charge < -0.3 is 5.32 Å². The molecular formula is C15H21NO2S2. The first kappa shape index (κ1) is 14.4. The van der Waals surface area contributed by atoms with Gasteiger partial charge in [0.1, 0.15) is 0 Å². The van der Waals surface area contributed by atoms with Crippen LogP contribution in [0.15, 0.2) is 29.2 Å². The second kappa shape index (κ2) is 5.70. The van der Waals surface area contributed by atoms with Gasteiger partial charge in [-0.2, -0.15) is 11.8 Å². The fraction of sp³-hybridized carbons (Fsp3) is 0.600. The highest BCUT2D eigenvalue weighted by atomic mass is 32.2. The summed E-state index contributed by atoms with van der Waals surface area (Å²) in [5.74, 6) is 0.264. The first-order valence-electron chi connectivity index (χ1n) is 7.20. The maximum atomic E-state index is 12.1. The predicted molar refractivity (Wildman–Crippen MR) is 83.9 cm³/mol. The van der Waals surface area contributed by atoms with Gasteiger partial charge in [0.15, 0.2) is 9.84 Å². The second-order valence-corrected chi connectivity index (χ2v) is 8.95. The normalized spacial score (nSPS) is 31.9. The van der Waals surface area contributed by atoms with E-state index in [0.717, 1.165) is 10.8 Å². The minimum Gasteiger partial charge on any atom is -0.307 e. The molecule has 2 aliphatic rings. The second-order valence-electron chi connectivity index (χ2n) is 5.73. The number of thioether (sulfide) groups is 1. The van der Waals surface area contributed by atoms with E-state index in [4.69, 9.17) is 0 Å². The number of hydrogen-bond donors (Lipinski definition) is 1. The third-order valence-electron chi connectivity index (χ3n) is 4.46. The fourth-order valence-electron chi connectivity index (χ4n) is 3.35. The van der Waals surface area contributed by atoms with Gasteiger partial charge in [-0.3, -0.25) is 0 Å². The zero-order chi connectivity index (χ0) is 14.2. The van der Waals surface area contributed by atoms with E-state index < -0.39 is 9.84 Å². The molecular weight excluding hydrogens is 290 g/mol. The molecule has 1 aromatic rings. The van der Waals surface area contributed by atoms with Gasteiger partial charge in [-0.05, 0) is 43.6 Å². The molecule has 1 aromatic carbocycles. The Bertz CT molecular complexity index is 585. The summed E-state index contributed by atoms with van der Waals surface area (Å²) in [4.78, 5) is 0.531. The summed E-state index contributed by atoms with van der Waals surface area (Å²) in [5.41, 5.74) is 0.964. The molecule has 110 valence electrons. The average Bonchev–Trinajstić information content (AvgIpc) is 2.90. The minimum atomic E-state index is -3.07. The Labute approximate surface area is 125 Å². The molecule has 5 heteroatoms. The molecule has 3 unspecified atom stereocenters. The average molecular weight is 311 g/mol. The Morgan fingerprint density at radius 1 is 1.20 bits per heavy atom. The number of sulfone groups is 1. The molecule has 0 radical (unpaired) electrons. The van der Waals surface area contributed by atoms with E-state index in [1.807, 2.05) is 30.0 Å². The van der Waals surface area contributed by atoms with Crippen molar-refractivity contribution in [1.29, 1.82) is 0 Å². The van der Waals surface area contributed by atoms with E-state index in [0.29, 0.717) is 17.4 Å². The molecule has 3 atom stereocenters. The van der Waals surface area contributed by atoms with Crippen LogP contribution in [-0.4, -0.2) is 31.7 Å². The third-order valence-corrected chi connectivity index (χ3v) is 7.37. The largest absolute Gasteiger partial charge is 0.307 e. The van der Waals surface area contributed by atoms with Crippen LogP contribution in [0.1, 0.15) is 37.3 Å². The predicted octanol–water partition coefficient (Wildman–Crippen LogP) is 2.78. The van der Waals surface area contributed by atoms with Gasteiger partial charge in [0.25, 0.3) is 0 Å². The number of fused-ring (bicyclic) bond motifs is 1. The molecule has 0 bridgehead atoms. The van der Waals surface area contributed by atoms with Gasteiger partial charge in [-0.25, -0.2) is 8.42 Å². The van der Waals surface area contributed by atoms with Crippen molar-refractivity contribution in [3.05, 3.63) is 29.8 Å². The van der Waals surface area contributed by atoms with E-state index in [2.05, 4.69) is 11.6 Å². The maximum absolute atomic E-state index is 12.1. The smallest absolute Gasteiger partial charge is 0.178 e. The van der Waals surface area contributed by atoms with Crippen molar-refractivity contribution in [2.75, 3.05) is 12.0 Å². The van der Waals surface area contributed by atoms with Crippen LogP contribution in [0.5, 0.6) is 0 Å². The van der Waals surface area contributed by atoms with Crippen molar-refractivity contribution < 1.29 is 8.42 Å². The zero-order valence-electron chi connectivity index (χ0n) is 11.7. The van der Waals surface area contributed by atoms with Crippen LogP contribution in [0.25, 0.3) is 0 Å². The monoisotopic (exact) mass is 311 g/mol. The molecule has 1 N–H and O–H groups in total. The molecule has 1 aliphatic heterocycles. The Hall–Kier alpha value is -0.520. The van der Waals surface area contributed by atoms with Crippen LogP contribution in [-0.2, 0) is 9.84 Å². The topological polar surface area (TPSA) is 46.2 Å². The number of hydrogen-bond acceptors (Lipinski definition) is 4. The summed E-state index contributed by atoms with van der Waals surface area (Å²) < 4.78 is 24.2. The molecule has 0 amide bonds. The highest BCUT2D eigenvalue weighted by Gasteiger charge is 2.32. The maximum Gasteiger partial charge on any atom is 0.178 e.